The number of aliphatic hydroxyl groups excluding tert-OH is 1. The molecule has 0 bridgehead atoms. The predicted octanol–water partition coefficient (Wildman–Crippen LogP) is 1.89. The van der Waals surface area contributed by atoms with Crippen molar-refractivity contribution < 1.29 is 5.11 Å². The fraction of sp³-hybridized carbons (Fsp3) is 0.600. The fourth-order valence-electron chi connectivity index (χ4n) is 2.08. The molecule has 3 unspecified atom stereocenters. The molecular weight excluding hydrogens is 136 g/mol. The van der Waals surface area contributed by atoms with Crippen molar-refractivity contribution in [2.45, 2.75) is 25.4 Å². The SMILES string of the molecule is OC1CCC2C=CC=CC2C1. The van der Waals surface area contributed by atoms with E-state index in [0.29, 0.717) is 11.8 Å². The van der Waals surface area contributed by atoms with Crippen molar-refractivity contribution in [1.82, 2.24) is 0 Å². The monoisotopic (exact) mass is 150 g/mol. The first kappa shape index (κ1) is 7.11. The Kier molecular flexibility index (Phi) is 1.82. The third kappa shape index (κ3) is 1.38. The molecule has 0 amide bonds. The van der Waals surface area contributed by atoms with Crippen LogP contribution in [0, 0.1) is 11.8 Å². The van der Waals surface area contributed by atoms with Gasteiger partial charge in [0.25, 0.3) is 0 Å². The summed E-state index contributed by atoms with van der Waals surface area (Å²) < 4.78 is 0. The van der Waals surface area contributed by atoms with Crippen molar-refractivity contribution in [3.63, 3.8) is 0 Å². The van der Waals surface area contributed by atoms with E-state index in [1.807, 2.05) is 0 Å². The molecule has 11 heavy (non-hydrogen) atoms. The van der Waals surface area contributed by atoms with Gasteiger partial charge in [0.15, 0.2) is 0 Å². The summed E-state index contributed by atoms with van der Waals surface area (Å²) in [6.45, 7) is 0. The Balaban J connectivity index is 2.07. The molecule has 0 saturated heterocycles. The molecule has 60 valence electrons. The molecule has 1 fully saturated rings. The van der Waals surface area contributed by atoms with Gasteiger partial charge in [0, 0.05) is 0 Å². The Hall–Kier alpha value is -0.560. The van der Waals surface area contributed by atoms with Crippen LogP contribution in [0.2, 0.25) is 0 Å². The Morgan fingerprint density at radius 3 is 2.55 bits per heavy atom. The zero-order valence-electron chi connectivity index (χ0n) is 6.61. The normalized spacial score (nSPS) is 42.1. The summed E-state index contributed by atoms with van der Waals surface area (Å²) >= 11 is 0. The smallest absolute Gasteiger partial charge is 0.0546 e. The van der Waals surface area contributed by atoms with Crippen LogP contribution >= 0.6 is 0 Å². The largest absolute Gasteiger partial charge is 0.393 e. The van der Waals surface area contributed by atoms with Crippen molar-refractivity contribution in [3.8, 4) is 0 Å². The van der Waals surface area contributed by atoms with Crippen LogP contribution in [0.4, 0.5) is 0 Å². The average Bonchev–Trinajstić information content (AvgIpc) is 2.04. The minimum Gasteiger partial charge on any atom is -0.393 e. The molecular formula is C10H14O. The molecule has 1 saturated carbocycles. The highest BCUT2D eigenvalue weighted by molar-refractivity contribution is 5.15. The molecule has 0 spiro atoms. The van der Waals surface area contributed by atoms with E-state index in [0.717, 1.165) is 19.3 Å². The van der Waals surface area contributed by atoms with Gasteiger partial charge in [0.2, 0.25) is 0 Å². The van der Waals surface area contributed by atoms with Gasteiger partial charge in [-0.15, -0.1) is 0 Å². The van der Waals surface area contributed by atoms with Crippen LogP contribution in [0.15, 0.2) is 24.3 Å². The van der Waals surface area contributed by atoms with Crippen LogP contribution < -0.4 is 0 Å². The first-order valence-electron chi connectivity index (χ1n) is 4.39. The van der Waals surface area contributed by atoms with Gasteiger partial charge in [0.05, 0.1) is 6.10 Å². The summed E-state index contributed by atoms with van der Waals surface area (Å²) in [5.41, 5.74) is 0. The molecule has 1 heteroatoms. The van der Waals surface area contributed by atoms with E-state index in [4.69, 9.17) is 0 Å². The Bertz CT molecular complexity index is 193. The third-order valence-corrected chi connectivity index (χ3v) is 2.76. The summed E-state index contributed by atoms with van der Waals surface area (Å²) in [6.07, 6.45) is 11.8. The van der Waals surface area contributed by atoms with Gasteiger partial charge in [-0.05, 0) is 31.1 Å². The summed E-state index contributed by atoms with van der Waals surface area (Å²) in [6, 6.07) is 0. The van der Waals surface area contributed by atoms with Crippen molar-refractivity contribution in [2.75, 3.05) is 0 Å². The molecule has 0 aromatic carbocycles. The van der Waals surface area contributed by atoms with Crippen molar-refractivity contribution in [3.05, 3.63) is 24.3 Å². The second kappa shape index (κ2) is 2.82. The molecule has 0 aromatic heterocycles. The van der Waals surface area contributed by atoms with Crippen LogP contribution in [0.5, 0.6) is 0 Å². The number of aliphatic hydroxyl groups is 1. The van der Waals surface area contributed by atoms with E-state index >= 15 is 0 Å². The highest BCUT2D eigenvalue weighted by Gasteiger charge is 2.26. The number of hydrogen-bond donors (Lipinski definition) is 1. The minimum absolute atomic E-state index is 0.0487. The van der Waals surface area contributed by atoms with E-state index in [1.54, 1.807) is 0 Å². The van der Waals surface area contributed by atoms with Gasteiger partial charge < -0.3 is 5.11 Å². The quantitative estimate of drug-likeness (QED) is 0.559. The topological polar surface area (TPSA) is 20.2 Å². The Morgan fingerprint density at radius 1 is 1.00 bits per heavy atom. The fourth-order valence-corrected chi connectivity index (χ4v) is 2.08. The molecule has 0 radical (unpaired) electrons. The molecule has 0 heterocycles. The standard InChI is InChI=1S/C10H14O/c11-10-6-5-8-3-1-2-4-9(8)7-10/h1-4,8-11H,5-7H2. The van der Waals surface area contributed by atoms with E-state index in [2.05, 4.69) is 24.3 Å². The number of fused-ring (bicyclic) bond motifs is 1. The third-order valence-electron chi connectivity index (χ3n) is 2.76. The Morgan fingerprint density at radius 2 is 1.73 bits per heavy atom. The second-order valence-electron chi connectivity index (χ2n) is 3.56. The molecule has 1 N–H and O–H groups in total. The maximum Gasteiger partial charge on any atom is 0.0546 e. The zero-order chi connectivity index (χ0) is 7.68. The lowest BCUT2D eigenvalue weighted by atomic mass is 9.76. The molecule has 0 aliphatic heterocycles. The lowest BCUT2D eigenvalue weighted by Crippen LogP contribution is -2.26. The van der Waals surface area contributed by atoms with Crippen LogP contribution in [0.3, 0.4) is 0 Å². The van der Waals surface area contributed by atoms with Crippen LogP contribution in [0.1, 0.15) is 19.3 Å². The predicted molar refractivity (Wildman–Crippen MR) is 45.1 cm³/mol. The average molecular weight is 150 g/mol. The van der Waals surface area contributed by atoms with Gasteiger partial charge in [-0.1, -0.05) is 24.3 Å². The first-order valence-corrected chi connectivity index (χ1v) is 4.39. The van der Waals surface area contributed by atoms with Crippen LogP contribution in [-0.4, -0.2) is 11.2 Å². The first-order chi connectivity index (χ1) is 5.36. The lowest BCUT2D eigenvalue weighted by molar-refractivity contribution is 0.0959. The highest BCUT2D eigenvalue weighted by Crippen LogP contribution is 2.33. The maximum atomic E-state index is 9.39. The summed E-state index contributed by atoms with van der Waals surface area (Å²) in [5.74, 6) is 1.33. The van der Waals surface area contributed by atoms with E-state index in [1.165, 1.54) is 0 Å². The van der Waals surface area contributed by atoms with Gasteiger partial charge in [-0.25, -0.2) is 0 Å². The van der Waals surface area contributed by atoms with E-state index < -0.39 is 0 Å². The second-order valence-corrected chi connectivity index (χ2v) is 3.56. The number of hydrogen-bond acceptors (Lipinski definition) is 1. The van der Waals surface area contributed by atoms with Gasteiger partial charge >= 0.3 is 0 Å². The van der Waals surface area contributed by atoms with Gasteiger partial charge in [0.1, 0.15) is 0 Å². The molecule has 3 atom stereocenters. The Labute approximate surface area is 67.4 Å². The minimum atomic E-state index is -0.0487. The summed E-state index contributed by atoms with van der Waals surface area (Å²) in [7, 11) is 0. The molecule has 2 aliphatic rings. The molecule has 2 aliphatic carbocycles. The van der Waals surface area contributed by atoms with Crippen molar-refractivity contribution >= 4 is 0 Å². The van der Waals surface area contributed by atoms with Crippen molar-refractivity contribution in [1.29, 1.82) is 0 Å². The summed E-state index contributed by atoms with van der Waals surface area (Å²) in [4.78, 5) is 0. The lowest BCUT2D eigenvalue weighted by Gasteiger charge is -2.31. The van der Waals surface area contributed by atoms with E-state index in [9.17, 15) is 5.11 Å². The number of rotatable bonds is 0. The maximum absolute atomic E-state index is 9.39. The zero-order valence-corrected chi connectivity index (χ0v) is 6.61. The molecule has 0 aromatic rings. The highest BCUT2D eigenvalue weighted by atomic mass is 16.3. The van der Waals surface area contributed by atoms with E-state index in [-0.39, 0.29) is 6.10 Å². The van der Waals surface area contributed by atoms with Crippen molar-refractivity contribution in [2.24, 2.45) is 11.8 Å². The van der Waals surface area contributed by atoms with Gasteiger partial charge in [-0.2, -0.15) is 0 Å². The number of allylic oxidation sites excluding steroid dienone is 4. The van der Waals surface area contributed by atoms with Crippen LogP contribution in [0.25, 0.3) is 0 Å². The molecule has 1 nitrogen and oxygen atoms in total. The summed E-state index contributed by atoms with van der Waals surface area (Å²) in [5, 5.41) is 9.39. The molecule has 2 rings (SSSR count). The van der Waals surface area contributed by atoms with Crippen LogP contribution in [-0.2, 0) is 0 Å². The van der Waals surface area contributed by atoms with Gasteiger partial charge in [-0.3, -0.25) is 0 Å².